The van der Waals surface area contributed by atoms with E-state index in [0.29, 0.717) is 19.6 Å². The molecule has 1 amide bonds. The number of ether oxygens (including phenoxy) is 1. The lowest BCUT2D eigenvalue weighted by atomic mass is 10.2. The lowest BCUT2D eigenvalue weighted by Gasteiger charge is -2.22. The molecular formula is C14H20N2O3. The van der Waals surface area contributed by atoms with Gasteiger partial charge in [-0.05, 0) is 12.5 Å². The second-order valence-corrected chi connectivity index (χ2v) is 4.80. The summed E-state index contributed by atoms with van der Waals surface area (Å²) in [6, 6.07) is 9.55. The Morgan fingerprint density at radius 3 is 2.95 bits per heavy atom. The van der Waals surface area contributed by atoms with Crippen molar-refractivity contribution in [3.8, 4) is 0 Å². The quantitative estimate of drug-likeness (QED) is 0.836. The van der Waals surface area contributed by atoms with Crippen LogP contribution in [0.4, 0.5) is 4.79 Å². The number of carbonyl (C=O) groups is 1. The van der Waals surface area contributed by atoms with E-state index in [1.165, 1.54) is 0 Å². The summed E-state index contributed by atoms with van der Waals surface area (Å²) in [5.74, 6) is 0. The summed E-state index contributed by atoms with van der Waals surface area (Å²) in [4.78, 5) is 13.5. The van der Waals surface area contributed by atoms with Crippen molar-refractivity contribution in [2.75, 3.05) is 19.6 Å². The van der Waals surface area contributed by atoms with Gasteiger partial charge in [-0.1, -0.05) is 30.3 Å². The number of β-amino-alcohol motifs (C(OH)–C–C–N with tert-alkyl or cyclic N) is 1. The third-order valence-corrected chi connectivity index (χ3v) is 3.30. The number of benzene rings is 1. The first kappa shape index (κ1) is 13.8. The molecule has 1 aromatic rings. The van der Waals surface area contributed by atoms with E-state index in [4.69, 9.17) is 4.74 Å². The van der Waals surface area contributed by atoms with Gasteiger partial charge in [0.15, 0.2) is 0 Å². The van der Waals surface area contributed by atoms with E-state index in [0.717, 1.165) is 5.56 Å². The van der Waals surface area contributed by atoms with E-state index < -0.39 is 6.10 Å². The molecule has 2 atom stereocenters. The van der Waals surface area contributed by atoms with Crippen LogP contribution in [-0.2, 0) is 11.3 Å². The number of aliphatic hydroxyl groups excluding tert-OH is 1. The van der Waals surface area contributed by atoms with E-state index in [1.54, 1.807) is 4.90 Å². The minimum Gasteiger partial charge on any atom is -0.445 e. The molecule has 5 nitrogen and oxygen atoms in total. The molecule has 19 heavy (non-hydrogen) atoms. The van der Waals surface area contributed by atoms with Crippen molar-refractivity contribution in [2.24, 2.45) is 0 Å². The van der Waals surface area contributed by atoms with Crippen LogP contribution >= 0.6 is 0 Å². The fourth-order valence-electron chi connectivity index (χ4n) is 2.01. The maximum Gasteiger partial charge on any atom is 0.410 e. The summed E-state index contributed by atoms with van der Waals surface area (Å²) in [7, 11) is 0. The van der Waals surface area contributed by atoms with Crippen LogP contribution in [0, 0.1) is 0 Å². The summed E-state index contributed by atoms with van der Waals surface area (Å²) in [6.07, 6.45) is -0.939. The number of aliphatic hydroxyl groups is 1. The maximum absolute atomic E-state index is 11.9. The molecule has 104 valence electrons. The predicted molar refractivity (Wildman–Crippen MR) is 71.7 cm³/mol. The smallest absolute Gasteiger partial charge is 0.410 e. The zero-order chi connectivity index (χ0) is 13.7. The van der Waals surface area contributed by atoms with E-state index >= 15 is 0 Å². The predicted octanol–water partition coefficient (Wildman–Crippen LogP) is 0.978. The standard InChI is InChI=1S/C14H20N2O3/c1-11-13(17)9-16(8-7-15-11)14(18)19-10-12-5-3-2-4-6-12/h2-6,11,13,15,17H,7-10H2,1H3/t11-,13?/m1/s1. The molecule has 0 aromatic heterocycles. The van der Waals surface area contributed by atoms with E-state index in [-0.39, 0.29) is 18.7 Å². The molecule has 1 fully saturated rings. The number of hydrogen-bond acceptors (Lipinski definition) is 4. The highest BCUT2D eigenvalue weighted by Crippen LogP contribution is 2.07. The van der Waals surface area contributed by atoms with Crippen LogP contribution in [0.25, 0.3) is 0 Å². The van der Waals surface area contributed by atoms with Gasteiger partial charge >= 0.3 is 6.09 Å². The molecule has 0 saturated carbocycles. The van der Waals surface area contributed by atoms with E-state index in [1.807, 2.05) is 37.3 Å². The van der Waals surface area contributed by atoms with Crippen molar-refractivity contribution in [3.05, 3.63) is 35.9 Å². The van der Waals surface area contributed by atoms with Crippen LogP contribution in [0.3, 0.4) is 0 Å². The number of nitrogens with zero attached hydrogens (tertiary/aromatic N) is 1. The zero-order valence-corrected chi connectivity index (χ0v) is 11.1. The van der Waals surface area contributed by atoms with Crippen molar-refractivity contribution >= 4 is 6.09 Å². The number of amides is 1. The second-order valence-electron chi connectivity index (χ2n) is 4.80. The van der Waals surface area contributed by atoms with Gasteiger partial charge < -0.3 is 20.1 Å². The SMILES string of the molecule is C[C@H]1NCCN(C(=O)OCc2ccccc2)CC1O. The molecule has 0 radical (unpaired) electrons. The van der Waals surface area contributed by atoms with Gasteiger partial charge in [0.25, 0.3) is 0 Å². The normalized spacial score (nSPS) is 23.8. The molecule has 0 spiro atoms. The number of nitrogens with one attached hydrogen (secondary N) is 1. The van der Waals surface area contributed by atoms with Crippen LogP contribution in [0.1, 0.15) is 12.5 Å². The summed E-state index contributed by atoms with van der Waals surface area (Å²) in [5.41, 5.74) is 0.956. The van der Waals surface area contributed by atoms with Gasteiger partial charge in [-0.2, -0.15) is 0 Å². The van der Waals surface area contributed by atoms with Crippen LogP contribution in [-0.4, -0.2) is 47.9 Å². The fourth-order valence-corrected chi connectivity index (χ4v) is 2.01. The monoisotopic (exact) mass is 264 g/mol. The third-order valence-electron chi connectivity index (χ3n) is 3.30. The number of rotatable bonds is 2. The Balaban J connectivity index is 1.85. The van der Waals surface area contributed by atoms with Gasteiger partial charge in [0, 0.05) is 19.1 Å². The van der Waals surface area contributed by atoms with Crippen molar-refractivity contribution in [2.45, 2.75) is 25.7 Å². The Bertz CT molecular complexity index is 410. The highest BCUT2D eigenvalue weighted by molar-refractivity contribution is 5.67. The van der Waals surface area contributed by atoms with Gasteiger partial charge in [0.05, 0.1) is 12.6 Å². The maximum atomic E-state index is 11.9. The van der Waals surface area contributed by atoms with Gasteiger partial charge in [-0.3, -0.25) is 0 Å². The fraction of sp³-hybridized carbons (Fsp3) is 0.500. The van der Waals surface area contributed by atoms with Crippen LogP contribution in [0.5, 0.6) is 0 Å². The summed E-state index contributed by atoms with van der Waals surface area (Å²) in [5, 5.41) is 13.0. The molecule has 5 heteroatoms. The first-order valence-electron chi connectivity index (χ1n) is 6.54. The van der Waals surface area contributed by atoms with Crippen molar-refractivity contribution < 1.29 is 14.6 Å². The molecule has 0 aliphatic carbocycles. The Kier molecular flexibility index (Phi) is 4.76. The van der Waals surface area contributed by atoms with Crippen molar-refractivity contribution in [1.29, 1.82) is 0 Å². The molecule has 1 aliphatic rings. The highest BCUT2D eigenvalue weighted by Gasteiger charge is 2.25. The molecule has 2 rings (SSSR count). The number of hydrogen-bond donors (Lipinski definition) is 2. The Labute approximate surface area is 113 Å². The molecule has 1 heterocycles. The summed E-state index contributed by atoms with van der Waals surface area (Å²) < 4.78 is 5.25. The van der Waals surface area contributed by atoms with Gasteiger partial charge in [-0.25, -0.2) is 4.79 Å². The minimum atomic E-state index is -0.563. The molecule has 1 unspecified atom stereocenters. The summed E-state index contributed by atoms with van der Waals surface area (Å²) in [6.45, 7) is 3.69. The topological polar surface area (TPSA) is 61.8 Å². The van der Waals surface area contributed by atoms with Crippen molar-refractivity contribution in [3.63, 3.8) is 0 Å². The van der Waals surface area contributed by atoms with Crippen LogP contribution in [0.15, 0.2) is 30.3 Å². The Morgan fingerprint density at radius 2 is 2.21 bits per heavy atom. The second kappa shape index (κ2) is 6.54. The largest absolute Gasteiger partial charge is 0.445 e. The van der Waals surface area contributed by atoms with Gasteiger partial charge in [0.1, 0.15) is 6.61 Å². The average molecular weight is 264 g/mol. The molecule has 0 bridgehead atoms. The number of carbonyl (C=O) groups excluding carboxylic acids is 1. The Morgan fingerprint density at radius 1 is 1.47 bits per heavy atom. The Hall–Kier alpha value is -1.59. The lowest BCUT2D eigenvalue weighted by molar-refractivity contribution is 0.0706. The lowest BCUT2D eigenvalue weighted by Crippen LogP contribution is -2.40. The minimum absolute atomic E-state index is 0.00748. The average Bonchev–Trinajstić information content (AvgIpc) is 2.60. The summed E-state index contributed by atoms with van der Waals surface area (Å²) >= 11 is 0. The van der Waals surface area contributed by atoms with Gasteiger partial charge in [0.2, 0.25) is 0 Å². The van der Waals surface area contributed by atoms with Crippen molar-refractivity contribution in [1.82, 2.24) is 10.2 Å². The first-order valence-corrected chi connectivity index (χ1v) is 6.54. The molecule has 1 saturated heterocycles. The van der Waals surface area contributed by atoms with Crippen LogP contribution < -0.4 is 5.32 Å². The van der Waals surface area contributed by atoms with E-state index in [2.05, 4.69) is 5.32 Å². The molecular weight excluding hydrogens is 244 g/mol. The zero-order valence-electron chi connectivity index (χ0n) is 11.1. The molecule has 2 N–H and O–H groups in total. The molecule has 1 aliphatic heterocycles. The highest BCUT2D eigenvalue weighted by atomic mass is 16.6. The van der Waals surface area contributed by atoms with Gasteiger partial charge in [-0.15, -0.1) is 0 Å². The first-order chi connectivity index (χ1) is 9.16. The van der Waals surface area contributed by atoms with Crippen LogP contribution in [0.2, 0.25) is 0 Å². The third kappa shape index (κ3) is 3.94. The molecule has 1 aromatic carbocycles. The van der Waals surface area contributed by atoms with E-state index in [9.17, 15) is 9.90 Å².